The Morgan fingerprint density at radius 1 is 1.20 bits per heavy atom. The van der Waals surface area contributed by atoms with Crippen LogP contribution in [0.3, 0.4) is 0 Å². The van der Waals surface area contributed by atoms with Crippen LogP contribution in [0, 0.1) is 12.7 Å². The van der Waals surface area contributed by atoms with E-state index in [2.05, 4.69) is 0 Å². The molecule has 0 fully saturated rings. The fourth-order valence-corrected chi connectivity index (χ4v) is 2.14. The molecule has 0 aliphatic carbocycles. The first-order chi connectivity index (χ1) is 9.61. The fourth-order valence-electron chi connectivity index (χ4n) is 2.14. The molecule has 0 atom stereocenters. The maximum atomic E-state index is 13.0. The SMILES string of the molecule is COCCCn1cc(C)c(=O)c(-c2ccc(F)cc2)c1. The van der Waals surface area contributed by atoms with Crippen molar-refractivity contribution in [2.75, 3.05) is 13.7 Å². The van der Waals surface area contributed by atoms with Gasteiger partial charge in [0.2, 0.25) is 0 Å². The van der Waals surface area contributed by atoms with Crippen molar-refractivity contribution in [1.82, 2.24) is 4.57 Å². The van der Waals surface area contributed by atoms with Gasteiger partial charge in [-0.15, -0.1) is 0 Å². The summed E-state index contributed by atoms with van der Waals surface area (Å²) in [5, 5.41) is 0. The van der Waals surface area contributed by atoms with Crippen LogP contribution in [0.5, 0.6) is 0 Å². The fraction of sp³-hybridized carbons (Fsp3) is 0.312. The number of benzene rings is 1. The van der Waals surface area contributed by atoms with E-state index >= 15 is 0 Å². The minimum atomic E-state index is -0.304. The van der Waals surface area contributed by atoms with E-state index in [9.17, 15) is 9.18 Å². The molecular formula is C16H18FNO2. The van der Waals surface area contributed by atoms with Crippen LogP contribution in [-0.2, 0) is 11.3 Å². The standard InChI is InChI=1S/C16H18FNO2/c1-12-10-18(8-3-9-20-2)11-15(16(12)19)13-4-6-14(17)7-5-13/h4-7,10-11H,3,8-9H2,1-2H3. The van der Waals surface area contributed by atoms with Crippen molar-refractivity contribution in [3.63, 3.8) is 0 Å². The van der Waals surface area contributed by atoms with Gasteiger partial charge in [0.15, 0.2) is 5.43 Å². The van der Waals surface area contributed by atoms with E-state index < -0.39 is 0 Å². The summed E-state index contributed by atoms with van der Waals surface area (Å²) in [4.78, 5) is 12.2. The number of hydrogen-bond donors (Lipinski definition) is 0. The first-order valence-electron chi connectivity index (χ1n) is 6.57. The molecule has 1 aromatic carbocycles. The summed E-state index contributed by atoms with van der Waals surface area (Å²) in [6.45, 7) is 3.25. The highest BCUT2D eigenvalue weighted by molar-refractivity contribution is 5.62. The first kappa shape index (κ1) is 14.5. The summed E-state index contributed by atoms with van der Waals surface area (Å²) >= 11 is 0. The van der Waals surface area contributed by atoms with Gasteiger partial charge in [-0.2, -0.15) is 0 Å². The first-order valence-corrected chi connectivity index (χ1v) is 6.57. The molecule has 0 bridgehead atoms. The van der Waals surface area contributed by atoms with Crippen LogP contribution in [0.4, 0.5) is 4.39 Å². The van der Waals surface area contributed by atoms with Gasteiger partial charge in [0.25, 0.3) is 0 Å². The quantitative estimate of drug-likeness (QED) is 0.785. The van der Waals surface area contributed by atoms with Crippen LogP contribution >= 0.6 is 0 Å². The molecule has 0 amide bonds. The highest BCUT2D eigenvalue weighted by Crippen LogP contribution is 2.16. The maximum Gasteiger partial charge on any atom is 0.192 e. The lowest BCUT2D eigenvalue weighted by Gasteiger charge is -2.10. The molecule has 0 unspecified atom stereocenters. The van der Waals surface area contributed by atoms with Gasteiger partial charge in [-0.1, -0.05) is 12.1 Å². The molecule has 4 heteroatoms. The third-order valence-corrected chi connectivity index (χ3v) is 3.18. The van der Waals surface area contributed by atoms with Crippen LogP contribution in [0.25, 0.3) is 11.1 Å². The Morgan fingerprint density at radius 2 is 1.90 bits per heavy atom. The number of aromatic nitrogens is 1. The topological polar surface area (TPSA) is 31.2 Å². The predicted octanol–water partition coefficient (Wildman–Crippen LogP) is 3.00. The molecule has 0 aliphatic rings. The molecule has 0 saturated carbocycles. The largest absolute Gasteiger partial charge is 0.385 e. The molecule has 1 heterocycles. The zero-order valence-electron chi connectivity index (χ0n) is 11.7. The number of hydrogen-bond acceptors (Lipinski definition) is 2. The Labute approximate surface area is 117 Å². The lowest BCUT2D eigenvalue weighted by molar-refractivity contribution is 0.190. The van der Waals surface area contributed by atoms with E-state index in [-0.39, 0.29) is 11.2 Å². The Bertz CT molecular complexity index is 632. The molecule has 3 nitrogen and oxygen atoms in total. The van der Waals surface area contributed by atoms with Crippen LogP contribution in [0.15, 0.2) is 41.5 Å². The van der Waals surface area contributed by atoms with Gasteiger partial charge in [0.1, 0.15) is 5.82 Å². The Morgan fingerprint density at radius 3 is 2.55 bits per heavy atom. The molecule has 0 aliphatic heterocycles. The summed E-state index contributed by atoms with van der Waals surface area (Å²) in [5.74, 6) is -0.304. The summed E-state index contributed by atoms with van der Waals surface area (Å²) in [6.07, 6.45) is 4.53. The molecule has 106 valence electrons. The molecule has 20 heavy (non-hydrogen) atoms. The van der Waals surface area contributed by atoms with Crippen LogP contribution in [0.2, 0.25) is 0 Å². The third kappa shape index (κ3) is 3.33. The number of halogens is 1. The van der Waals surface area contributed by atoms with Crippen molar-refractivity contribution < 1.29 is 9.13 Å². The number of nitrogens with zero attached hydrogens (tertiary/aromatic N) is 1. The normalized spacial score (nSPS) is 10.8. The molecule has 2 aromatic rings. The van der Waals surface area contributed by atoms with Crippen molar-refractivity contribution >= 4 is 0 Å². The molecule has 0 radical (unpaired) electrons. The second-order valence-corrected chi connectivity index (χ2v) is 4.78. The van der Waals surface area contributed by atoms with Gasteiger partial charge in [-0.05, 0) is 31.0 Å². The molecule has 2 rings (SSSR count). The number of pyridine rings is 1. The highest BCUT2D eigenvalue weighted by atomic mass is 19.1. The van der Waals surface area contributed by atoms with E-state index in [0.29, 0.717) is 17.7 Å². The molecule has 1 aromatic heterocycles. The number of aryl methyl sites for hydroxylation is 2. The Kier molecular flexibility index (Phi) is 4.69. The second-order valence-electron chi connectivity index (χ2n) is 4.78. The number of ether oxygens (including phenoxy) is 1. The van der Waals surface area contributed by atoms with Crippen molar-refractivity contribution in [2.45, 2.75) is 19.9 Å². The lowest BCUT2D eigenvalue weighted by atomic mass is 10.1. The van der Waals surface area contributed by atoms with E-state index in [0.717, 1.165) is 18.5 Å². The Balaban J connectivity index is 2.36. The van der Waals surface area contributed by atoms with Crippen LogP contribution < -0.4 is 5.43 Å². The Hall–Kier alpha value is -1.94. The van der Waals surface area contributed by atoms with Crippen LogP contribution in [-0.4, -0.2) is 18.3 Å². The van der Waals surface area contributed by atoms with Gasteiger partial charge in [0.05, 0.1) is 0 Å². The van der Waals surface area contributed by atoms with Crippen LogP contribution in [0.1, 0.15) is 12.0 Å². The molecule has 0 N–H and O–H groups in total. The van der Waals surface area contributed by atoms with E-state index in [1.165, 1.54) is 12.1 Å². The summed E-state index contributed by atoms with van der Waals surface area (Å²) in [6, 6.07) is 5.99. The molecular weight excluding hydrogens is 257 g/mol. The maximum absolute atomic E-state index is 13.0. The highest BCUT2D eigenvalue weighted by Gasteiger charge is 2.07. The van der Waals surface area contributed by atoms with Gasteiger partial charge < -0.3 is 9.30 Å². The van der Waals surface area contributed by atoms with Crippen molar-refractivity contribution in [3.8, 4) is 11.1 Å². The molecule has 0 spiro atoms. The number of rotatable bonds is 5. The number of methoxy groups -OCH3 is 1. The van der Waals surface area contributed by atoms with Crippen molar-refractivity contribution in [1.29, 1.82) is 0 Å². The summed E-state index contributed by atoms with van der Waals surface area (Å²) in [5.41, 5.74) is 2.01. The van der Waals surface area contributed by atoms with Gasteiger partial charge in [-0.25, -0.2) is 4.39 Å². The van der Waals surface area contributed by atoms with Crippen molar-refractivity contribution in [2.24, 2.45) is 0 Å². The second kappa shape index (κ2) is 6.48. The average Bonchev–Trinajstić information content (AvgIpc) is 2.44. The monoisotopic (exact) mass is 275 g/mol. The van der Waals surface area contributed by atoms with Crippen molar-refractivity contribution in [3.05, 3.63) is 58.3 Å². The van der Waals surface area contributed by atoms with E-state index in [1.54, 1.807) is 26.2 Å². The summed E-state index contributed by atoms with van der Waals surface area (Å²) < 4.78 is 20.0. The zero-order valence-corrected chi connectivity index (χ0v) is 11.7. The zero-order chi connectivity index (χ0) is 14.5. The smallest absolute Gasteiger partial charge is 0.192 e. The minimum absolute atomic E-state index is 0.0143. The summed E-state index contributed by atoms with van der Waals surface area (Å²) in [7, 11) is 1.67. The van der Waals surface area contributed by atoms with E-state index in [1.807, 2.05) is 17.0 Å². The van der Waals surface area contributed by atoms with Gasteiger partial charge in [0, 0.05) is 43.8 Å². The third-order valence-electron chi connectivity index (χ3n) is 3.18. The lowest BCUT2D eigenvalue weighted by Crippen LogP contribution is -2.14. The van der Waals surface area contributed by atoms with E-state index in [4.69, 9.17) is 4.74 Å². The molecule has 0 saturated heterocycles. The van der Waals surface area contributed by atoms with Gasteiger partial charge >= 0.3 is 0 Å². The van der Waals surface area contributed by atoms with Gasteiger partial charge in [-0.3, -0.25) is 4.79 Å². The average molecular weight is 275 g/mol. The predicted molar refractivity (Wildman–Crippen MR) is 77.3 cm³/mol. The minimum Gasteiger partial charge on any atom is -0.385 e.